The van der Waals surface area contributed by atoms with E-state index in [0.29, 0.717) is 17.8 Å². The van der Waals surface area contributed by atoms with E-state index in [1.165, 1.54) is 169 Å². The molecule has 3 fully saturated rings. The molecule has 300 valence electrons. The number of nitrogens with zero attached hydrogens (tertiary/aromatic N) is 1. The summed E-state index contributed by atoms with van der Waals surface area (Å²) in [6.07, 6.45) is 20.3. The Kier molecular flexibility index (Phi) is 10.6. The highest BCUT2D eigenvalue weighted by Crippen LogP contribution is 2.51. The molecule has 0 aliphatic heterocycles. The first-order valence-electron chi connectivity index (χ1n) is 23.4. The molecular formula is C58H63N. The lowest BCUT2D eigenvalue weighted by Gasteiger charge is -2.30. The Hall–Kier alpha value is -4.88. The van der Waals surface area contributed by atoms with Gasteiger partial charge in [-0.3, -0.25) is 0 Å². The van der Waals surface area contributed by atoms with Gasteiger partial charge in [-0.05, 0) is 172 Å². The molecule has 10 rings (SSSR count). The van der Waals surface area contributed by atoms with Gasteiger partial charge in [0.2, 0.25) is 0 Å². The largest absolute Gasteiger partial charge is 0.310 e. The monoisotopic (exact) mass is 773 g/mol. The van der Waals surface area contributed by atoms with Gasteiger partial charge in [0.05, 0.1) is 0 Å². The summed E-state index contributed by atoms with van der Waals surface area (Å²) < 4.78 is 0. The molecule has 6 aromatic rings. The summed E-state index contributed by atoms with van der Waals surface area (Å²) in [5, 5.41) is 0. The van der Waals surface area contributed by atoms with Gasteiger partial charge in [-0.1, -0.05) is 157 Å². The average molecular weight is 774 g/mol. The van der Waals surface area contributed by atoms with Crippen LogP contribution in [0.1, 0.15) is 161 Å². The average Bonchev–Trinajstić information content (AvgIpc) is 3.52. The van der Waals surface area contributed by atoms with Crippen LogP contribution in [0.25, 0.3) is 33.4 Å². The van der Waals surface area contributed by atoms with E-state index < -0.39 is 0 Å². The van der Waals surface area contributed by atoms with Gasteiger partial charge in [-0.25, -0.2) is 0 Å². The highest BCUT2D eigenvalue weighted by Gasteiger charge is 2.36. The maximum Gasteiger partial charge on any atom is 0.0470 e. The fourth-order valence-electron chi connectivity index (χ4n) is 11.8. The predicted molar refractivity (Wildman–Crippen MR) is 252 cm³/mol. The summed E-state index contributed by atoms with van der Waals surface area (Å²) >= 11 is 0. The van der Waals surface area contributed by atoms with Gasteiger partial charge in [-0.15, -0.1) is 0 Å². The lowest BCUT2D eigenvalue weighted by Crippen LogP contribution is -2.17. The molecule has 0 unspecified atom stereocenters. The van der Waals surface area contributed by atoms with E-state index in [0.717, 1.165) is 0 Å². The lowest BCUT2D eigenvalue weighted by atomic mass is 9.78. The van der Waals surface area contributed by atoms with Crippen molar-refractivity contribution in [2.75, 3.05) is 4.90 Å². The second kappa shape index (κ2) is 16.3. The summed E-state index contributed by atoms with van der Waals surface area (Å²) in [6, 6.07) is 50.3. The van der Waals surface area contributed by atoms with E-state index >= 15 is 0 Å². The molecule has 0 saturated heterocycles. The molecule has 0 spiro atoms. The zero-order valence-electron chi connectivity index (χ0n) is 35.9. The van der Waals surface area contributed by atoms with Crippen LogP contribution in [0.3, 0.4) is 0 Å². The highest BCUT2D eigenvalue weighted by molar-refractivity contribution is 5.87. The lowest BCUT2D eigenvalue weighted by molar-refractivity contribution is 0.435. The smallest absolute Gasteiger partial charge is 0.0470 e. The molecule has 0 N–H and O–H groups in total. The molecule has 0 aromatic heterocycles. The van der Waals surface area contributed by atoms with Crippen LogP contribution in [0.4, 0.5) is 17.1 Å². The van der Waals surface area contributed by atoms with Crippen molar-refractivity contribution in [1.82, 2.24) is 0 Å². The van der Waals surface area contributed by atoms with Crippen LogP contribution in [0.15, 0.2) is 127 Å². The van der Waals surface area contributed by atoms with E-state index in [1.54, 1.807) is 11.1 Å². The maximum absolute atomic E-state index is 2.63. The van der Waals surface area contributed by atoms with Crippen LogP contribution in [0.5, 0.6) is 0 Å². The number of hydrogen-bond donors (Lipinski definition) is 0. The molecule has 0 bridgehead atoms. The summed E-state index contributed by atoms with van der Waals surface area (Å²) in [5.74, 6) is 2.05. The van der Waals surface area contributed by atoms with Gasteiger partial charge < -0.3 is 4.90 Å². The normalized spacial score (nSPS) is 18.4. The Morgan fingerprint density at radius 2 is 0.949 bits per heavy atom. The first-order valence-corrected chi connectivity index (χ1v) is 23.4. The van der Waals surface area contributed by atoms with Crippen molar-refractivity contribution >= 4 is 17.1 Å². The van der Waals surface area contributed by atoms with Crippen LogP contribution in [0.2, 0.25) is 0 Å². The summed E-state index contributed by atoms with van der Waals surface area (Å²) in [6.45, 7) is 7.08. The molecule has 0 amide bonds. The zero-order valence-corrected chi connectivity index (χ0v) is 35.9. The van der Waals surface area contributed by atoms with Gasteiger partial charge >= 0.3 is 0 Å². The molecular weight excluding hydrogens is 711 g/mol. The Balaban J connectivity index is 1.07. The van der Waals surface area contributed by atoms with Crippen LogP contribution in [-0.2, 0) is 5.41 Å². The molecule has 59 heavy (non-hydrogen) atoms. The first-order chi connectivity index (χ1) is 28.9. The molecule has 6 aromatic carbocycles. The SMILES string of the molecule is Cc1cc(-c2cccc(-c3cc(C4CCCCC4)cc(C4CCCCC4)c3)c2)cc(N(c2cccc(C3CCCCC3)c2)c2ccc3c(c2)C(C)(C)c2ccccc2-3)c1. The molecule has 1 nitrogen and oxygen atoms in total. The summed E-state index contributed by atoms with van der Waals surface area (Å²) in [4.78, 5) is 2.55. The highest BCUT2D eigenvalue weighted by atomic mass is 15.1. The molecule has 0 heterocycles. The van der Waals surface area contributed by atoms with E-state index in [1.807, 2.05) is 0 Å². The standard InChI is InChI=1S/C58H63N/c1-40-31-47(44-23-15-24-45(33-44)50-35-48(42-19-9-5-10-20-42)34-49(36-50)43-21-11-6-12-22-43)38-53(32-40)59(51-26-16-25-46(37-51)41-17-7-4-8-18-41)52-29-30-55-54-27-13-14-28-56(54)58(2,3)57(55)39-52/h13-16,23-39,41-43H,4-12,17-22H2,1-3H3. The van der Waals surface area contributed by atoms with Crippen LogP contribution in [0, 0.1) is 6.92 Å². The number of anilines is 3. The van der Waals surface area contributed by atoms with Crippen LogP contribution >= 0.6 is 0 Å². The van der Waals surface area contributed by atoms with Crippen LogP contribution < -0.4 is 4.90 Å². The van der Waals surface area contributed by atoms with E-state index in [4.69, 9.17) is 0 Å². The van der Waals surface area contributed by atoms with Crippen molar-refractivity contribution in [2.45, 2.75) is 140 Å². The fraction of sp³-hybridized carbons (Fsp3) is 0.379. The second-order valence-electron chi connectivity index (χ2n) is 19.4. The van der Waals surface area contributed by atoms with Crippen molar-refractivity contribution in [3.05, 3.63) is 161 Å². The third-order valence-corrected chi connectivity index (χ3v) is 15.0. The van der Waals surface area contributed by atoms with E-state index in [-0.39, 0.29) is 5.41 Å². The third-order valence-electron chi connectivity index (χ3n) is 15.0. The van der Waals surface area contributed by atoms with Gasteiger partial charge in [-0.2, -0.15) is 0 Å². The number of fused-ring (bicyclic) bond motifs is 3. The van der Waals surface area contributed by atoms with Gasteiger partial charge in [0.15, 0.2) is 0 Å². The zero-order chi connectivity index (χ0) is 39.9. The Morgan fingerprint density at radius 3 is 1.61 bits per heavy atom. The van der Waals surface area contributed by atoms with E-state index in [9.17, 15) is 0 Å². The molecule has 1 heteroatoms. The molecule has 4 aliphatic rings. The predicted octanol–water partition coefficient (Wildman–Crippen LogP) is 17.2. The quantitative estimate of drug-likeness (QED) is 0.149. The molecule has 3 saturated carbocycles. The van der Waals surface area contributed by atoms with E-state index in [2.05, 4.69) is 153 Å². The van der Waals surface area contributed by atoms with Crippen molar-refractivity contribution in [3.63, 3.8) is 0 Å². The molecule has 0 radical (unpaired) electrons. The summed E-state index contributed by atoms with van der Waals surface area (Å²) in [7, 11) is 0. The number of benzene rings is 6. The van der Waals surface area contributed by atoms with Crippen molar-refractivity contribution in [1.29, 1.82) is 0 Å². The van der Waals surface area contributed by atoms with Gasteiger partial charge in [0, 0.05) is 22.5 Å². The minimum atomic E-state index is -0.0686. The minimum Gasteiger partial charge on any atom is -0.310 e. The third kappa shape index (κ3) is 7.60. The molecule has 0 atom stereocenters. The van der Waals surface area contributed by atoms with Crippen molar-refractivity contribution in [3.8, 4) is 33.4 Å². The first kappa shape index (κ1) is 38.3. The fourth-order valence-corrected chi connectivity index (χ4v) is 11.8. The minimum absolute atomic E-state index is 0.0686. The van der Waals surface area contributed by atoms with Gasteiger partial charge in [0.25, 0.3) is 0 Å². The Morgan fingerprint density at radius 1 is 0.390 bits per heavy atom. The maximum atomic E-state index is 2.63. The van der Waals surface area contributed by atoms with Crippen molar-refractivity contribution < 1.29 is 0 Å². The molecule has 4 aliphatic carbocycles. The number of rotatable bonds is 8. The van der Waals surface area contributed by atoms with Crippen LogP contribution in [-0.4, -0.2) is 0 Å². The number of hydrogen-bond acceptors (Lipinski definition) is 1. The Bertz CT molecular complexity index is 2410. The Labute approximate surface area is 354 Å². The number of aryl methyl sites for hydroxylation is 1. The summed E-state index contributed by atoms with van der Waals surface area (Å²) in [5.41, 5.74) is 20.5. The topological polar surface area (TPSA) is 3.24 Å². The van der Waals surface area contributed by atoms with Gasteiger partial charge in [0.1, 0.15) is 0 Å². The van der Waals surface area contributed by atoms with Crippen molar-refractivity contribution in [2.24, 2.45) is 0 Å². The second-order valence-corrected chi connectivity index (χ2v) is 19.4.